The van der Waals surface area contributed by atoms with Crippen LogP contribution >= 0.6 is 0 Å². The van der Waals surface area contributed by atoms with E-state index >= 15 is 0 Å². The largest absolute Gasteiger partial charge is 0.352 e. The predicted octanol–water partition coefficient (Wildman–Crippen LogP) is 3.37. The van der Waals surface area contributed by atoms with Crippen molar-refractivity contribution in [1.29, 1.82) is 0 Å². The summed E-state index contributed by atoms with van der Waals surface area (Å²) in [6.45, 7) is 7.77. The van der Waals surface area contributed by atoms with Crippen LogP contribution in [0.5, 0.6) is 0 Å². The number of halogens is 2. The van der Waals surface area contributed by atoms with E-state index in [1.807, 2.05) is 0 Å². The molecule has 1 heterocycles. The van der Waals surface area contributed by atoms with Gasteiger partial charge in [-0.2, -0.15) is 0 Å². The Morgan fingerprint density at radius 3 is 2.29 bits per heavy atom. The Kier molecular flexibility index (Phi) is 3.22. The molecular weight excluding hydrogens is 222 g/mol. The Hall–Kier alpha value is -1.32. The molecule has 0 aromatic heterocycles. The van der Waals surface area contributed by atoms with Gasteiger partial charge < -0.3 is 9.80 Å². The molecule has 0 N–H and O–H groups in total. The van der Waals surface area contributed by atoms with Crippen LogP contribution in [0.1, 0.15) is 27.2 Å². The van der Waals surface area contributed by atoms with Crippen molar-refractivity contribution in [3.63, 3.8) is 0 Å². The van der Waals surface area contributed by atoms with Crippen LogP contribution in [0.25, 0.3) is 0 Å². The molecule has 0 saturated heterocycles. The molecule has 4 heteroatoms. The highest BCUT2D eigenvalue weighted by Crippen LogP contribution is 2.38. The first-order chi connectivity index (χ1) is 8.04. The smallest absolute Gasteiger partial charge is 0.161 e. The van der Waals surface area contributed by atoms with E-state index in [9.17, 15) is 8.78 Å². The Morgan fingerprint density at radius 2 is 1.76 bits per heavy atom. The summed E-state index contributed by atoms with van der Waals surface area (Å²) in [7, 11) is 0. The van der Waals surface area contributed by atoms with Gasteiger partial charge in [0, 0.05) is 24.7 Å². The third kappa shape index (κ3) is 2.08. The number of hydrogen-bond donors (Lipinski definition) is 0. The fourth-order valence-corrected chi connectivity index (χ4v) is 2.25. The van der Waals surface area contributed by atoms with E-state index in [-0.39, 0.29) is 6.04 Å². The van der Waals surface area contributed by atoms with Gasteiger partial charge in [0.25, 0.3) is 0 Å². The molecule has 2 rings (SSSR count). The molecule has 1 aliphatic rings. The van der Waals surface area contributed by atoms with E-state index in [0.29, 0.717) is 6.67 Å². The molecule has 0 amide bonds. The summed E-state index contributed by atoms with van der Waals surface area (Å²) >= 11 is 0. The lowest BCUT2D eigenvalue weighted by atomic mass is 10.2. The molecule has 0 saturated carbocycles. The maximum Gasteiger partial charge on any atom is 0.161 e. The predicted molar refractivity (Wildman–Crippen MR) is 66.5 cm³/mol. The van der Waals surface area contributed by atoms with E-state index < -0.39 is 11.6 Å². The molecular formula is C13H18F2N2. The summed E-state index contributed by atoms with van der Waals surface area (Å²) in [5, 5.41) is 0. The van der Waals surface area contributed by atoms with E-state index in [0.717, 1.165) is 24.3 Å². The minimum Gasteiger partial charge on any atom is -0.352 e. The van der Waals surface area contributed by atoms with Crippen LogP contribution < -0.4 is 9.80 Å². The van der Waals surface area contributed by atoms with Crippen LogP contribution in [0.15, 0.2) is 12.1 Å². The fourth-order valence-electron chi connectivity index (χ4n) is 2.25. The van der Waals surface area contributed by atoms with Crippen molar-refractivity contribution >= 4 is 11.4 Å². The molecule has 1 aliphatic heterocycles. The molecule has 1 aromatic rings. The second-order valence-corrected chi connectivity index (χ2v) is 4.72. The maximum atomic E-state index is 13.3. The molecule has 0 atom stereocenters. The third-order valence-electron chi connectivity index (χ3n) is 3.11. The molecule has 0 radical (unpaired) electrons. The van der Waals surface area contributed by atoms with Gasteiger partial charge in [0.15, 0.2) is 11.6 Å². The molecule has 2 nitrogen and oxygen atoms in total. The molecule has 0 unspecified atom stereocenters. The van der Waals surface area contributed by atoms with Gasteiger partial charge in [0.2, 0.25) is 0 Å². The lowest BCUT2D eigenvalue weighted by Crippen LogP contribution is -2.35. The normalized spacial score (nSPS) is 14.7. The first kappa shape index (κ1) is 12.1. The molecule has 17 heavy (non-hydrogen) atoms. The quantitative estimate of drug-likeness (QED) is 0.799. The van der Waals surface area contributed by atoms with Gasteiger partial charge in [-0.1, -0.05) is 6.92 Å². The van der Waals surface area contributed by atoms with Gasteiger partial charge in [-0.05, 0) is 20.3 Å². The molecule has 94 valence electrons. The summed E-state index contributed by atoms with van der Waals surface area (Å²) in [5.74, 6) is -1.54. The average Bonchev–Trinajstić information content (AvgIpc) is 2.59. The minimum atomic E-state index is -0.771. The Bertz CT molecular complexity index is 418. The SMILES string of the molecule is CCCN1CN(C(C)C)c2cc(F)c(F)cc21. The van der Waals surface area contributed by atoms with Crippen LogP contribution in [0.4, 0.5) is 20.2 Å². The summed E-state index contributed by atoms with van der Waals surface area (Å²) in [5.41, 5.74) is 1.60. The van der Waals surface area contributed by atoms with Crippen molar-refractivity contribution in [2.75, 3.05) is 23.0 Å². The van der Waals surface area contributed by atoms with Crippen LogP contribution in [0.2, 0.25) is 0 Å². The lowest BCUT2D eigenvalue weighted by Gasteiger charge is -2.24. The van der Waals surface area contributed by atoms with E-state index in [1.54, 1.807) is 0 Å². The molecule has 1 aromatic carbocycles. The first-order valence-corrected chi connectivity index (χ1v) is 6.05. The number of fused-ring (bicyclic) bond motifs is 1. The van der Waals surface area contributed by atoms with Crippen molar-refractivity contribution in [3.05, 3.63) is 23.8 Å². The van der Waals surface area contributed by atoms with Gasteiger partial charge in [-0.25, -0.2) is 8.78 Å². The molecule has 0 spiro atoms. The van der Waals surface area contributed by atoms with Crippen LogP contribution in [-0.2, 0) is 0 Å². The van der Waals surface area contributed by atoms with Crippen molar-refractivity contribution in [3.8, 4) is 0 Å². The van der Waals surface area contributed by atoms with Crippen LogP contribution in [0.3, 0.4) is 0 Å². The lowest BCUT2D eigenvalue weighted by molar-refractivity contribution is 0.509. The van der Waals surface area contributed by atoms with E-state index in [2.05, 4.69) is 30.6 Å². The van der Waals surface area contributed by atoms with Crippen molar-refractivity contribution in [2.45, 2.75) is 33.2 Å². The topological polar surface area (TPSA) is 6.48 Å². The van der Waals surface area contributed by atoms with Crippen LogP contribution in [-0.4, -0.2) is 19.3 Å². The third-order valence-corrected chi connectivity index (χ3v) is 3.11. The standard InChI is InChI=1S/C13H18F2N2/c1-4-5-16-8-17(9(2)3)13-7-11(15)10(14)6-12(13)16/h6-7,9H,4-5,8H2,1-3H3. The Balaban J connectivity index is 2.43. The highest BCUT2D eigenvalue weighted by molar-refractivity contribution is 5.76. The van der Waals surface area contributed by atoms with Crippen molar-refractivity contribution in [1.82, 2.24) is 0 Å². The first-order valence-electron chi connectivity index (χ1n) is 6.05. The maximum absolute atomic E-state index is 13.3. The highest BCUT2D eigenvalue weighted by atomic mass is 19.2. The second kappa shape index (κ2) is 4.51. The Morgan fingerprint density at radius 1 is 1.18 bits per heavy atom. The fraction of sp³-hybridized carbons (Fsp3) is 0.538. The zero-order chi connectivity index (χ0) is 12.6. The summed E-state index contributed by atoms with van der Waals surface area (Å²) in [6, 6.07) is 2.89. The van der Waals surface area contributed by atoms with Crippen molar-refractivity contribution in [2.24, 2.45) is 0 Å². The zero-order valence-corrected chi connectivity index (χ0v) is 10.5. The Labute approximate surface area is 101 Å². The summed E-state index contributed by atoms with van der Waals surface area (Å²) in [4.78, 5) is 4.19. The van der Waals surface area contributed by atoms with Gasteiger partial charge in [0.1, 0.15) is 0 Å². The number of benzene rings is 1. The highest BCUT2D eigenvalue weighted by Gasteiger charge is 2.28. The number of rotatable bonds is 3. The van der Waals surface area contributed by atoms with Gasteiger partial charge in [-0.3, -0.25) is 0 Å². The van der Waals surface area contributed by atoms with E-state index in [1.165, 1.54) is 12.1 Å². The number of anilines is 2. The van der Waals surface area contributed by atoms with Gasteiger partial charge in [-0.15, -0.1) is 0 Å². The number of nitrogens with zero attached hydrogens (tertiary/aromatic N) is 2. The minimum absolute atomic E-state index is 0.278. The summed E-state index contributed by atoms with van der Waals surface area (Å²) < 4.78 is 26.6. The zero-order valence-electron chi connectivity index (χ0n) is 10.5. The average molecular weight is 240 g/mol. The summed E-state index contributed by atoms with van der Waals surface area (Å²) in [6.07, 6.45) is 0.990. The molecule has 0 bridgehead atoms. The second-order valence-electron chi connectivity index (χ2n) is 4.72. The molecule has 0 aliphatic carbocycles. The number of hydrogen-bond acceptors (Lipinski definition) is 2. The van der Waals surface area contributed by atoms with Crippen LogP contribution in [0, 0.1) is 11.6 Å². The monoisotopic (exact) mass is 240 g/mol. The van der Waals surface area contributed by atoms with E-state index in [4.69, 9.17) is 0 Å². The van der Waals surface area contributed by atoms with Gasteiger partial charge in [0.05, 0.1) is 18.0 Å². The van der Waals surface area contributed by atoms with Gasteiger partial charge >= 0.3 is 0 Å². The molecule has 0 fully saturated rings. The van der Waals surface area contributed by atoms with Crippen molar-refractivity contribution < 1.29 is 8.78 Å².